The van der Waals surface area contributed by atoms with Gasteiger partial charge in [-0.15, -0.1) is 11.8 Å². The third kappa shape index (κ3) is 2.98. The lowest BCUT2D eigenvalue weighted by Crippen LogP contribution is -2.39. The summed E-state index contributed by atoms with van der Waals surface area (Å²) in [5.41, 5.74) is -0.797. The minimum atomic E-state index is -1.14. The van der Waals surface area contributed by atoms with Crippen molar-refractivity contribution in [3.8, 4) is 0 Å². The smallest absolute Gasteiger partial charge is 0.129 e. The standard InChI is InChI=1S/C17H20BrF2NOS/c1-10(2)22-9-16-7-15(16)17(8-19,21-11(3)23-16)13-6-12(18)4-5-14(13)20/h4-6,10,15H,7-9H2,1-3H3/t15-,16-,17-/m1/s1. The number of ether oxygens (including phenoxy) is 1. The van der Waals surface area contributed by atoms with Crippen molar-refractivity contribution in [1.82, 2.24) is 0 Å². The van der Waals surface area contributed by atoms with Crippen LogP contribution in [0.1, 0.15) is 32.8 Å². The molecule has 0 bridgehead atoms. The van der Waals surface area contributed by atoms with Gasteiger partial charge in [-0.2, -0.15) is 0 Å². The number of benzene rings is 1. The van der Waals surface area contributed by atoms with Crippen LogP contribution in [-0.4, -0.2) is 29.2 Å². The van der Waals surface area contributed by atoms with Crippen LogP contribution < -0.4 is 0 Å². The average molecular weight is 404 g/mol. The van der Waals surface area contributed by atoms with Gasteiger partial charge in [0.1, 0.15) is 18.0 Å². The van der Waals surface area contributed by atoms with Gasteiger partial charge in [0, 0.05) is 16.0 Å². The highest BCUT2D eigenvalue weighted by Crippen LogP contribution is 2.66. The topological polar surface area (TPSA) is 21.6 Å². The van der Waals surface area contributed by atoms with E-state index in [1.807, 2.05) is 20.8 Å². The summed E-state index contributed by atoms with van der Waals surface area (Å²) in [4.78, 5) is 4.59. The van der Waals surface area contributed by atoms with E-state index in [2.05, 4.69) is 20.9 Å². The predicted molar refractivity (Wildman–Crippen MR) is 94.4 cm³/mol. The summed E-state index contributed by atoms with van der Waals surface area (Å²) in [6, 6.07) is 4.66. The molecular formula is C17H20BrF2NOS. The average Bonchev–Trinajstić information content (AvgIpc) is 3.22. The molecule has 0 radical (unpaired) electrons. The first kappa shape index (κ1) is 17.4. The lowest BCUT2D eigenvalue weighted by atomic mass is 9.85. The molecular weight excluding hydrogens is 384 g/mol. The molecule has 1 saturated carbocycles. The van der Waals surface area contributed by atoms with Crippen LogP contribution in [0.2, 0.25) is 0 Å². The van der Waals surface area contributed by atoms with E-state index in [4.69, 9.17) is 4.74 Å². The Bertz CT molecular complexity index is 653. The minimum Gasteiger partial charge on any atom is -0.377 e. The summed E-state index contributed by atoms with van der Waals surface area (Å²) in [6.45, 7) is 5.69. The predicted octanol–water partition coefficient (Wildman–Crippen LogP) is 5.10. The lowest BCUT2D eigenvalue weighted by molar-refractivity contribution is 0.0707. The van der Waals surface area contributed by atoms with Crippen LogP contribution in [-0.2, 0) is 10.3 Å². The van der Waals surface area contributed by atoms with Crippen molar-refractivity contribution in [3.63, 3.8) is 0 Å². The van der Waals surface area contributed by atoms with Crippen molar-refractivity contribution in [2.45, 2.75) is 43.6 Å². The van der Waals surface area contributed by atoms with Crippen molar-refractivity contribution < 1.29 is 13.5 Å². The number of halogens is 3. The fourth-order valence-corrected chi connectivity index (χ4v) is 5.32. The summed E-state index contributed by atoms with van der Waals surface area (Å²) in [7, 11) is 0. The van der Waals surface area contributed by atoms with Crippen LogP contribution in [0.3, 0.4) is 0 Å². The summed E-state index contributed by atoms with van der Waals surface area (Å²) >= 11 is 5.01. The maximum absolute atomic E-state index is 14.4. The summed E-state index contributed by atoms with van der Waals surface area (Å²) in [5.74, 6) is -0.448. The molecule has 2 nitrogen and oxygen atoms in total. The second-order valence-corrected chi connectivity index (χ2v) is 9.12. The summed E-state index contributed by atoms with van der Waals surface area (Å²) in [5, 5.41) is 0.795. The van der Waals surface area contributed by atoms with Crippen molar-refractivity contribution >= 4 is 32.7 Å². The van der Waals surface area contributed by atoms with E-state index in [9.17, 15) is 8.78 Å². The van der Waals surface area contributed by atoms with E-state index in [-0.39, 0.29) is 16.8 Å². The molecule has 1 aromatic carbocycles. The first-order valence-corrected chi connectivity index (χ1v) is 9.32. The zero-order valence-electron chi connectivity index (χ0n) is 13.4. The van der Waals surface area contributed by atoms with Crippen LogP contribution in [0.15, 0.2) is 27.7 Å². The molecule has 0 saturated heterocycles. The molecule has 3 rings (SSSR count). The van der Waals surface area contributed by atoms with Gasteiger partial charge in [-0.25, -0.2) is 8.78 Å². The Morgan fingerprint density at radius 1 is 1.48 bits per heavy atom. The molecule has 3 atom stereocenters. The first-order valence-electron chi connectivity index (χ1n) is 7.71. The van der Waals surface area contributed by atoms with Crippen molar-refractivity contribution in [1.29, 1.82) is 0 Å². The SMILES string of the molecule is CC1=N[C@](CF)(c2cc(Br)ccc2F)[C@@H]2C[C@]2(COC(C)C)S1. The van der Waals surface area contributed by atoms with Gasteiger partial charge < -0.3 is 4.74 Å². The number of alkyl halides is 1. The normalized spacial score (nSPS) is 32.7. The van der Waals surface area contributed by atoms with Gasteiger partial charge in [-0.1, -0.05) is 15.9 Å². The summed E-state index contributed by atoms with van der Waals surface area (Å²) in [6.07, 6.45) is 0.911. The van der Waals surface area contributed by atoms with Crippen molar-refractivity contribution in [3.05, 3.63) is 34.1 Å². The number of hydrogen-bond acceptors (Lipinski definition) is 3. The fraction of sp³-hybridized carbons (Fsp3) is 0.588. The van der Waals surface area contributed by atoms with Crippen LogP contribution in [0.25, 0.3) is 0 Å². The summed E-state index contributed by atoms with van der Waals surface area (Å²) < 4.78 is 35.0. The quantitative estimate of drug-likeness (QED) is 0.681. The van der Waals surface area contributed by atoms with Gasteiger partial charge in [-0.05, 0) is 45.4 Å². The molecule has 0 spiro atoms. The number of fused-ring (bicyclic) bond motifs is 1. The number of rotatable bonds is 5. The Balaban J connectivity index is 2.02. The molecule has 1 aliphatic heterocycles. The Morgan fingerprint density at radius 3 is 2.87 bits per heavy atom. The molecule has 0 aromatic heterocycles. The van der Waals surface area contributed by atoms with Crippen LogP contribution >= 0.6 is 27.7 Å². The molecule has 0 amide bonds. The van der Waals surface area contributed by atoms with Crippen molar-refractivity contribution in [2.75, 3.05) is 13.3 Å². The maximum Gasteiger partial charge on any atom is 0.129 e. The van der Waals surface area contributed by atoms with Gasteiger partial charge in [-0.3, -0.25) is 4.99 Å². The third-order valence-corrected chi connectivity index (χ3v) is 6.42. The minimum absolute atomic E-state index is 0.0451. The molecule has 1 fully saturated rings. The highest BCUT2D eigenvalue weighted by Gasteiger charge is 2.68. The van der Waals surface area contributed by atoms with E-state index in [1.54, 1.807) is 23.9 Å². The molecule has 1 aliphatic carbocycles. The molecule has 1 heterocycles. The molecule has 23 heavy (non-hydrogen) atoms. The monoisotopic (exact) mass is 403 g/mol. The second-order valence-electron chi connectivity index (χ2n) is 6.60. The highest BCUT2D eigenvalue weighted by molar-refractivity contribution is 9.10. The van der Waals surface area contributed by atoms with Gasteiger partial charge in [0.15, 0.2) is 0 Å². The van der Waals surface area contributed by atoms with Gasteiger partial charge >= 0.3 is 0 Å². The highest BCUT2D eigenvalue weighted by atomic mass is 79.9. The Hall–Kier alpha value is -0.460. The Morgan fingerprint density at radius 2 is 2.22 bits per heavy atom. The van der Waals surface area contributed by atoms with Gasteiger partial charge in [0.2, 0.25) is 0 Å². The van der Waals surface area contributed by atoms with E-state index in [1.165, 1.54) is 6.07 Å². The van der Waals surface area contributed by atoms with E-state index in [0.717, 1.165) is 15.9 Å². The van der Waals surface area contributed by atoms with E-state index >= 15 is 0 Å². The zero-order valence-corrected chi connectivity index (χ0v) is 15.8. The maximum atomic E-state index is 14.4. The third-order valence-electron chi connectivity index (χ3n) is 4.57. The zero-order chi connectivity index (χ0) is 16.8. The number of thioether (sulfide) groups is 1. The number of hydrogen-bond donors (Lipinski definition) is 0. The Labute approximate surface area is 148 Å². The second kappa shape index (κ2) is 6.12. The van der Waals surface area contributed by atoms with Crippen LogP contribution in [0.4, 0.5) is 8.78 Å². The first-order chi connectivity index (χ1) is 10.8. The molecule has 126 valence electrons. The number of aliphatic imine (C=N–C) groups is 1. The fourth-order valence-electron chi connectivity index (χ4n) is 3.45. The molecule has 1 aromatic rings. The lowest BCUT2D eigenvalue weighted by Gasteiger charge is -2.35. The largest absolute Gasteiger partial charge is 0.377 e. The van der Waals surface area contributed by atoms with Gasteiger partial charge in [0.25, 0.3) is 0 Å². The Kier molecular flexibility index (Phi) is 4.62. The number of nitrogens with zero attached hydrogens (tertiary/aromatic N) is 1. The van der Waals surface area contributed by atoms with E-state index < -0.39 is 18.0 Å². The van der Waals surface area contributed by atoms with E-state index in [0.29, 0.717) is 12.2 Å². The molecule has 6 heteroatoms. The van der Waals surface area contributed by atoms with Crippen molar-refractivity contribution in [2.24, 2.45) is 10.9 Å². The van der Waals surface area contributed by atoms with Crippen LogP contribution in [0.5, 0.6) is 0 Å². The van der Waals surface area contributed by atoms with Gasteiger partial charge in [0.05, 0.1) is 22.5 Å². The molecule has 0 N–H and O–H groups in total. The van der Waals surface area contributed by atoms with Crippen LogP contribution in [0, 0.1) is 11.7 Å². The molecule has 2 aliphatic rings. The molecule has 0 unspecified atom stereocenters.